The first-order chi connectivity index (χ1) is 16.4. The van der Waals surface area contributed by atoms with Gasteiger partial charge >= 0.3 is 5.97 Å². The standard InChI is InChI=1S/C25H28N4O4S/c1-3-33-25(30)20-6-10-22(11-7-20)34(31,32)28-21-8-4-19(5-9-21)23-12-13-24(27-26-23)29-16-14-18(2)15-17-29/h4-13,18,28H,3,14-17H2,1-2H3. The summed E-state index contributed by atoms with van der Waals surface area (Å²) in [6.07, 6.45) is 2.33. The van der Waals surface area contributed by atoms with E-state index in [-0.39, 0.29) is 11.5 Å². The Labute approximate surface area is 200 Å². The highest BCUT2D eigenvalue weighted by Gasteiger charge is 2.18. The van der Waals surface area contributed by atoms with Crippen molar-refractivity contribution < 1.29 is 17.9 Å². The number of sulfonamides is 1. The van der Waals surface area contributed by atoms with E-state index in [4.69, 9.17) is 4.74 Å². The number of esters is 1. The van der Waals surface area contributed by atoms with Crippen molar-refractivity contribution in [3.05, 3.63) is 66.2 Å². The Morgan fingerprint density at radius 3 is 2.26 bits per heavy atom. The highest BCUT2D eigenvalue weighted by Crippen LogP contribution is 2.25. The zero-order chi connectivity index (χ0) is 24.1. The number of hydrogen-bond acceptors (Lipinski definition) is 7. The summed E-state index contributed by atoms with van der Waals surface area (Å²) in [5, 5.41) is 8.75. The Bertz CT molecular complexity index is 1220. The first-order valence-electron chi connectivity index (χ1n) is 11.3. The van der Waals surface area contributed by atoms with Crippen molar-refractivity contribution >= 4 is 27.5 Å². The molecule has 0 bridgehead atoms. The molecule has 8 nitrogen and oxygen atoms in total. The van der Waals surface area contributed by atoms with Gasteiger partial charge in [0.05, 0.1) is 22.8 Å². The van der Waals surface area contributed by atoms with Crippen molar-refractivity contribution in [3.63, 3.8) is 0 Å². The third kappa shape index (κ3) is 5.53. The largest absolute Gasteiger partial charge is 0.462 e. The van der Waals surface area contributed by atoms with Gasteiger partial charge in [-0.25, -0.2) is 13.2 Å². The van der Waals surface area contributed by atoms with Gasteiger partial charge in [0, 0.05) is 24.3 Å². The van der Waals surface area contributed by atoms with Crippen LogP contribution in [0.15, 0.2) is 65.6 Å². The molecular weight excluding hydrogens is 452 g/mol. The van der Waals surface area contributed by atoms with E-state index in [9.17, 15) is 13.2 Å². The number of piperidine rings is 1. The van der Waals surface area contributed by atoms with Gasteiger partial charge in [0.2, 0.25) is 0 Å². The van der Waals surface area contributed by atoms with Crippen molar-refractivity contribution in [2.24, 2.45) is 5.92 Å². The van der Waals surface area contributed by atoms with E-state index in [2.05, 4.69) is 26.7 Å². The molecule has 178 valence electrons. The van der Waals surface area contributed by atoms with Crippen LogP contribution in [-0.4, -0.2) is 44.3 Å². The monoisotopic (exact) mass is 480 g/mol. The summed E-state index contributed by atoms with van der Waals surface area (Å²) in [6, 6.07) is 16.5. The third-order valence-electron chi connectivity index (χ3n) is 5.87. The minimum absolute atomic E-state index is 0.0539. The summed E-state index contributed by atoms with van der Waals surface area (Å²) in [6.45, 7) is 6.23. The van der Waals surface area contributed by atoms with E-state index >= 15 is 0 Å². The lowest BCUT2D eigenvalue weighted by molar-refractivity contribution is 0.0526. The molecule has 1 aromatic heterocycles. The maximum absolute atomic E-state index is 12.7. The normalized spacial score (nSPS) is 14.6. The van der Waals surface area contributed by atoms with Crippen LogP contribution in [0, 0.1) is 5.92 Å². The molecule has 3 aromatic rings. The Morgan fingerprint density at radius 1 is 1.00 bits per heavy atom. The van der Waals surface area contributed by atoms with Gasteiger partial charge in [-0.1, -0.05) is 19.1 Å². The first-order valence-corrected chi connectivity index (χ1v) is 12.8. The molecule has 1 aliphatic heterocycles. The number of benzene rings is 2. The van der Waals surface area contributed by atoms with Gasteiger partial charge in [-0.2, -0.15) is 0 Å². The van der Waals surface area contributed by atoms with Crippen molar-refractivity contribution in [3.8, 4) is 11.3 Å². The average molecular weight is 481 g/mol. The van der Waals surface area contributed by atoms with Gasteiger partial charge in [0.15, 0.2) is 5.82 Å². The van der Waals surface area contributed by atoms with Gasteiger partial charge in [-0.05, 0) is 74.2 Å². The highest BCUT2D eigenvalue weighted by molar-refractivity contribution is 7.92. The number of nitrogens with one attached hydrogen (secondary N) is 1. The zero-order valence-corrected chi connectivity index (χ0v) is 20.1. The van der Waals surface area contributed by atoms with Crippen LogP contribution < -0.4 is 9.62 Å². The number of aromatic nitrogens is 2. The van der Waals surface area contributed by atoms with E-state index < -0.39 is 16.0 Å². The van der Waals surface area contributed by atoms with Crippen LogP contribution >= 0.6 is 0 Å². The van der Waals surface area contributed by atoms with E-state index in [1.807, 2.05) is 12.1 Å². The fourth-order valence-electron chi connectivity index (χ4n) is 3.79. The summed E-state index contributed by atoms with van der Waals surface area (Å²) in [5.74, 6) is 1.15. The van der Waals surface area contributed by atoms with E-state index in [1.54, 1.807) is 31.2 Å². The predicted molar refractivity (Wildman–Crippen MR) is 131 cm³/mol. The van der Waals surface area contributed by atoms with Crippen LogP contribution in [0.4, 0.5) is 11.5 Å². The summed E-state index contributed by atoms with van der Waals surface area (Å²) < 4.78 is 32.9. The minimum atomic E-state index is -3.80. The van der Waals surface area contributed by atoms with Crippen molar-refractivity contribution in [1.29, 1.82) is 0 Å². The van der Waals surface area contributed by atoms with Crippen LogP contribution in [0.3, 0.4) is 0 Å². The molecule has 1 fully saturated rings. The quantitative estimate of drug-likeness (QED) is 0.502. The van der Waals surface area contributed by atoms with Gasteiger partial charge in [0.25, 0.3) is 10.0 Å². The molecule has 0 spiro atoms. The average Bonchev–Trinajstić information content (AvgIpc) is 2.85. The molecule has 0 saturated carbocycles. The fourth-order valence-corrected chi connectivity index (χ4v) is 4.85. The van der Waals surface area contributed by atoms with Crippen LogP contribution in [-0.2, 0) is 14.8 Å². The van der Waals surface area contributed by atoms with Crippen LogP contribution in [0.5, 0.6) is 0 Å². The Hall–Kier alpha value is -3.46. The van der Waals surface area contributed by atoms with Crippen LogP contribution in [0.25, 0.3) is 11.3 Å². The molecule has 0 aliphatic carbocycles. The van der Waals surface area contributed by atoms with Gasteiger partial charge in [-0.3, -0.25) is 4.72 Å². The maximum atomic E-state index is 12.7. The van der Waals surface area contributed by atoms with Crippen molar-refractivity contribution in [2.75, 3.05) is 29.3 Å². The van der Waals surface area contributed by atoms with E-state index in [1.165, 1.54) is 24.3 Å². The second-order valence-corrected chi connectivity index (χ2v) is 10.1. The topological polar surface area (TPSA) is 101 Å². The number of rotatable bonds is 7. The molecule has 1 saturated heterocycles. The van der Waals surface area contributed by atoms with Crippen molar-refractivity contribution in [2.45, 2.75) is 31.6 Å². The lowest BCUT2D eigenvalue weighted by Crippen LogP contribution is -2.33. The Kier molecular flexibility index (Phi) is 7.12. The maximum Gasteiger partial charge on any atom is 0.338 e. The van der Waals surface area contributed by atoms with E-state index in [0.717, 1.165) is 48.9 Å². The number of carbonyl (C=O) groups is 1. The summed E-state index contributed by atoms with van der Waals surface area (Å²) in [4.78, 5) is 14.1. The molecule has 0 unspecified atom stereocenters. The second kappa shape index (κ2) is 10.2. The zero-order valence-electron chi connectivity index (χ0n) is 19.3. The molecule has 0 amide bonds. The molecular formula is C25H28N4O4S. The predicted octanol–water partition coefficient (Wildman–Crippen LogP) is 4.36. The molecule has 1 N–H and O–H groups in total. The number of hydrogen-bond donors (Lipinski definition) is 1. The van der Waals surface area contributed by atoms with Crippen LogP contribution in [0.1, 0.15) is 37.0 Å². The molecule has 2 heterocycles. The van der Waals surface area contributed by atoms with E-state index in [0.29, 0.717) is 11.3 Å². The minimum Gasteiger partial charge on any atom is -0.462 e. The molecule has 1 aliphatic rings. The molecule has 34 heavy (non-hydrogen) atoms. The Balaban J connectivity index is 1.41. The fraction of sp³-hybridized carbons (Fsp3) is 0.320. The van der Waals surface area contributed by atoms with Crippen LogP contribution in [0.2, 0.25) is 0 Å². The lowest BCUT2D eigenvalue weighted by atomic mass is 9.99. The Morgan fingerprint density at radius 2 is 1.68 bits per heavy atom. The smallest absolute Gasteiger partial charge is 0.338 e. The molecule has 0 atom stereocenters. The second-order valence-electron chi connectivity index (χ2n) is 8.37. The summed E-state index contributed by atoms with van der Waals surface area (Å²) in [5.41, 5.74) is 2.28. The molecule has 2 aromatic carbocycles. The number of ether oxygens (including phenoxy) is 1. The van der Waals surface area contributed by atoms with Gasteiger partial charge in [-0.15, -0.1) is 10.2 Å². The summed E-state index contributed by atoms with van der Waals surface area (Å²) >= 11 is 0. The highest BCUT2D eigenvalue weighted by atomic mass is 32.2. The van der Waals surface area contributed by atoms with Crippen molar-refractivity contribution in [1.82, 2.24) is 10.2 Å². The third-order valence-corrected chi connectivity index (χ3v) is 7.26. The molecule has 9 heteroatoms. The number of anilines is 2. The SMILES string of the molecule is CCOC(=O)c1ccc(S(=O)(=O)Nc2ccc(-c3ccc(N4CCC(C)CC4)nn3)cc2)cc1. The van der Waals surface area contributed by atoms with Gasteiger partial charge < -0.3 is 9.64 Å². The number of nitrogens with zero attached hydrogens (tertiary/aromatic N) is 3. The van der Waals surface area contributed by atoms with Gasteiger partial charge in [0.1, 0.15) is 0 Å². The first kappa shape index (κ1) is 23.7. The molecule has 0 radical (unpaired) electrons. The lowest BCUT2D eigenvalue weighted by Gasteiger charge is -2.30. The summed E-state index contributed by atoms with van der Waals surface area (Å²) in [7, 11) is -3.80. The molecule has 4 rings (SSSR count). The number of carbonyl (C=O) groups excluding carboxylic acids is 1.